The van der Waals surface area contributed by atoms with Gasteiger partial charge >= 0.3 is 0 Å². The zero-order valence-corrected chi connectivity index (χ0v) is 11.9. The van der Waals surface area contributed by atoms with Crippen molar-refractivity contribution >= 4 is 11.6 Å². The SMILES string of the molecule is O=C([C@H]1CCCNC1)N1CCN(c2ccccc2)CC1. The Morgan fingerprint density at radius 2 is 1.85 bits per heavy atom. The number of anilines is 1. The Hall–Kier alpha value is -1.55. The highest BCUT2D eigenvalue weighted by atomic mass is 16.2. The molecule has 0 spiro atoms. The molecule has 1 aromatic rings. The van der Waals surface area contributed by atoms with Crippen LogP contribution in [0, 0.1) is 5.92 Å². The summed E-state index contributed by atoms with van der Waals surface area (Å²) < 4.78 is 0. The number of nitrogens with one attached hydrogen (secondary N) is 1. The van der Waals surface area contributed by atoms with Gasteiger partial charge < -0.3 is 15.1 Å². The maximum Gasteiger partial charge on any atom is 0.227 e. The fourth-order valence-electron chi connectivity index (χ4n) is 3.14. The molecule has 2 aliphatic rings. The van der Waals surface area contributed by atoms with E-state index in [0.717, 1.165) is 52.1 Å². The lowest BCUT2D eigenvalue weighted by Crippen LogP contribution is -2.52. The predicted octanol–water partition coefficient (Wildman–Crippen LogP) is 1.33. The molecule has 2 aliphatic heterocycles. The van der Waals surface area contributed by atoms with Gasteiger partial charge in [-0.25, -0.2) is 0 Å². The van der Waals surface area contributed by atoms with Gasteiger partial charge in [0.05, 0.1) is 5.92 Å². The summed E-state index contributed by atoms with van der Waals surface area (Å²) in [5.74, 6) is 0.553. The molecule has 1 N–H and O–H groups in total. The average molecular weight is 273 g/mol. The highest BCUT2D eigenvalue weighted by molar-refractivity contribution is 5.79. The van der Waals surface area contributed by atoms with Crippen molar-refractivity contribution in [3.8, 4) is 0 Å². The molecule has 20 heavy (non-hydrogen) atoms. The zero-order valence-electron chi connectivity index (χ0n) is 11.9. The molecule has 4 heteroatoms. The van der Waals surface area contributed by atoms with Crippen molar-refractivity contribution in [3.05, 3.63) is 30.3 Å². The number of nitrogens with zero attached hydrogens (tertiary/aromatic N) is 2. The second-order valence-electron chi connectivity index (χ2n) is 5.69. The third kappa shape index (κ3) is 2.96. The van der Waals surface area contributed by atoms with Crippen LogP contribution < -0.4 is 10.2 Å². The van der Waals surface area contributed by atoms with Crippen LogP contribution in [0.15, 0.2) is 30.3 Å². The van der Waals surface area contributed by atoms with Gasteiger partial charge in [-0.3, -0.25) is 4.79 Å². The van der Waals surface area contributed by atoms with Crippen LogP contribution in [-0.4, -0.2) is 50.1 Å². The Morgan fingerprint density at radius 3 is 2.50 bits per heavy atom. The van der Waals surface area contributed by atoms with Crippen molar-refractivity contribution in [3.63, 3.8) is 0 Å². The van der Waals surface area contributed by atoms with E-state index in [1.807, 2.05) is 6.07 Å². The van der Waals surface area contributed by atoms with Crippen molar-refractivity contribution in [2.24, 2.45) is 5.92 Å². The molecule has 1 amide bonds. The van der Waals surface area contributed by atoms with Gasteiger partial charge in [0.25, 0.3) is 0 Å². The summed E-state index contributed by atoms with van der Waals surface area (Å²) in [6.45, 7) is 5.50. The number of piperazine rings is 1. The van der Waals surface area contributed by atoms with Crippen molar-refractivity contribution in [2.75, 3.05) is 44.2 Å². The Bertz CT molecular complexity index is 434. The Balaban J connectivity index is 1.54. The molecule has 0 saturated carbocycles. The highest BCUT2D eigenvalue weighted by Crippen LogP contribution is 2.18. The Kier molecular flexibility index (Phi) is 4.21. The number of piperidine rings is 1. The van der Waals surface area contributed by atoms with Gasteiger partial charge in [0, 0.05) is 38.4 Å². The molecular formula is C16H23N3O. The van der Waals surface area contributed by atoms with E-state index in [0.29, 0.717) is 5.91 Å². The normalized spacial score (nSPS) is 23.7. The minimum absolute atomic E-state index is 0.201. The first-order valence-corrected chi connectivity index (χ1v) is 7.64. The van der Waals surface area contributed by atoms with Gasteiger partial charge in [-0.15, -0.1) is 0 Å². The van der Waals surface area contributed by atoms with Crippen molar-refractivity contribution < 1.29 is 4.79 Å². The monoisotopic (exact) mass is 273 g/mol. The van der Waals surface area contributed by atoms with E-state index < -0.39 is 0 Å². The van der Waals surface area contributed by atoms with Gasteiger partial charge in [0.2, 0.25) is 5.91 Å². The van der Waals surface area contributed by atoms with Crippen LogP contribution in [0.3, 0.4) is 0 Å². The first-order valence-electron chi connectivity index (χ1n) is 7.64. The van der Waals surface area contributed by atoms with Gasteiger partial charge in [-0.1, -0.05) is 18.2 Å². The largest absolute Gasteiger partial charge is 0.368 e. The van der Waals surface area contributed by atoms with Crippen molar-refractivity contribution in [1.29, 1.82) is 0 Å². The lowest BCUT2D eigenvalue weighted by atomic mass is 9.98. The number of hydrogen-bond donors (Lipinski definition) is 1. The molecule has 0 bridgehead atoms. The maximum absolute atomic E-state index is 12.5. The number of hydrogen-bond acceptors (Lipinski definition) is 3. The molecule has 0 unspecified atom stereocenters. The number of benzene rings is 1. The number of rotatable bonds is 2. The number of para-hydroxylation sites is 1. The predicted molar refractivity (Wildman–Crippen MR) is 80.8 cm³/mol. The molecule has 108 valence electrons. The molecule has 2 saturated heterocycles. The number of carbonyl (C=O) groups excluding carboxylic acids is 1. The first-order chi connectivity index (χ1) is 9.84. The molecule has 1 atom stereocenters. The summed E-state index contributed by atoms with van der Waals surface area (Å²) in [6.07, 6.45) is 2.17. The van der Waals surface area contributed by atoms with Crippen LogP contribution in [0.1, 0.15) is 12.8 Å². The third-order valence-corrected chi connectivity index (χ3v) is 4.36. The minimum atomic E-state index is 0.201. The van der Waals surface area contributed by atoms with Gasteiger partial charge in [-0.05, 0) is 31.5 Å². The second-order valence-corrected chi connectivity index (χ2v) is 5.69. The standard InChI is InChI=1S/C16H23N3O/c20-16(14-5-4-8-17-13-14)19-11-9-18(10-12-19)15-6-2-1-3-7-15/h1-3,6-7,14,17H,4-5,8-13H2/t14-/m0/s1. The molecule has 2 heterocycles. The van der Waals surface area contributed by atoms with Gasteiger partial charge in [0.15, 0.2) is 0 Å². The lowest BCUT2D eigenvalue weighted by Gasteiger charge is -2.38. The minimum Gasteiger partial charge on any atom is -0.368 e. The number of carbonyl (C=O) groups is 1. The summed E-state index contributed by atoms with van der Waals surface area (Å²) in [5, 5.41) is 3.33. The second kappa shape index (κ2) is 6.27. The van der Waals surface area contributed by atoms with E-state index in [1.165, 1.54) is 5.69 Å². The van der Waals surface area contributed by atoms with Crippen LogP contribution in [0.2, 0.25) is 0 Å². The molecule has 3 rings (SSSR count). The summed E-state index contributed by atoms with van der Waals surface area (Å²) in [7, 11) is 0. The van der Waals surface area contributed by atoms with E-state index in [1.54, 1.807) is 0 Å². The van der Waals surface area contributed by atoms with E-state index in [2.05, 4.69) is 39.4 Å². The Morgan fingerprint density at radius 1 is 1.10 bits per heavy atom. The van der Waals surface area contributed by atoms with E-state index >= 15 is 0 Å². The quantitative estimate of drug-likeness (QED) is 0.883. The summed E-state index contributed by atoms with van der Waals surface area (Å²) in [4.78, 5) is 16.9. The van der Waals surface area contributed by atoms with E-state index in [9.17, 15) is 4.79 Å². The first kappa shape index (κ1) is 13.4. The summed E-state index contributed by atoms with van der Waals surface area (Å²) >= 11 is 0. The van der Waals surface area contributed by atoms with E-state index in [4.69, 9.17) is 0 Å². The number of amides is 1. The van der Waals surface area contributed by atoms with Gasteiger partial charge in [-0.2, -0.15) is 0 Å². The fourth-order valence-corrected chi connectivity index (χ4v) is 3.14. The zero-order chi connectivity index (χ0) is 13.8. The lowest BCUT2D eigenvalue weighted by molar-refractivity contribution is -0.136. The highest BCUT2D eigenvalue weighted by Gasteiger charge is 2.28. The van der Waals surface area contributed by atoms with Crippen LogP contribution in [-0.2, 0) is 4.79 Å². The van der Waals surface area contributed by atoms with Crippen molar-refractivity contribution in [2.45, 2.75) is 12.8 Å². The van der Waals surface area contributed by atoms with Gasteiger partial charge in [0.1, 0.15) is 0 Å². The van der Waals surface area contributed by atoms with Crippen LogP contribution >= 0.6 is 0 Å². The van der Waals surface area contributed by atoms with E-state index in [-0.39, 0.29) is 5.92 Å². The smallest absolute Gasteiger partial charge is 0.227 e. The summed E-state index contributed by atoms with van der Waals surface area (Å²) in [6, 6.07) is 10.5. The molecule has 1 aromatic carbocycles. The molecule has 0 radical (unpaired) electrons. The van der Waals surface area contributed by atoms with Crippen LogP contribution in [0.25, 0.3) is 0 Å². The molecule has 0 aromatic heterocycles. The molecule has 4 nitrogen and oxygen atoms in total. The Labute approximate surface area is 120 Å². The topological polar surface area (TPSA) is 35.6 Å². The fraction of sp³-hybridized carbons (Fsp3) is 0.562. The van der Waals surface area contributed by atoms with Crippen LogP contribution in [0.5, 0.6) is 0 Å². The van der Waals surface area contributed by atoms with Crippen molar-refractivity contribution in [1.82, 2.24) is 10.2 Å². The molecule has 2 fully saturated rings. The van der Waals surface area contributed by atoms with Crippen LogP contribution in [0.4, 0.5) is 5.69 Å². The third-order valence-electron chi connectivity index (χ3n) is 4.36. The molecule has 0 aliphatic carbocycles. The maximum atomic E-state index is 12.5. The molecular weight excluding hydrogens is 250 g/mol. The average Bonchev–Trinajstić information content (AvgIpc) is 2.56. The summed E-state index contributed by atoms with van der Waals surface area (Å²) in [5.41, 5.74) is 1.26.